The van der Waals surface area contributed by atoms with Crippen LogP contribution in [-0.2, 0) is 13.0 Å². The first kappa shape index (κ1) is 13.3. The summed E-state index contributed by atoms with van der Waals surface area (Å²) in [6.07, 6.45) is 2.43. The maximum absolute atomic E-state index is 4.66. The van der Waals surface area contributed by atoms with Crippen LogP contribution in [0.25, 0.3) is 10.9 Å². The van der Waals surface area contributed by atoms with E-state index >= 15 is 0 Å². The molecule has 2 heteroatoms. The smallest absolute Gasteiger partial charge is 0.0708 e. The molecule has 0 radical (unpaired) electrons. The average Bonchev–Trinajstić information content (AvgIpc) is 2.55. The van der Waals surface area contributed by atoms with Gasteiger partial charge in [-0.2, -0.15) is 0 Å². The Morgan fingerprint density at radius 1 is 1.05 bits per heavy atom. The third-order valence-electron chi connectivity index (χ3n) is 4.50. The van der Waals surface area contributed by atoms with Gasteiger partial charge in [0.25, 0.3) is 0 Å². The molecule has 4 rings (SSSR count). The highest BCUT2D eigenvalue weighted by molar-refractivity contribution is 5.82. The number of rotatable bonds is 2. The van der Waals surface area contributed by atoms with Crippen molar-refractivity contribution in [2.45, 2.75) is 26.3 Å². The van der Waals surface area contributed by atoms with E-state index in [0.29, 0.717) is 0 Å². The third-order valence-corrected chi connectivity index (χ3v) is 4.50. The zero-order valence-corrected chi connectivity index (χ0v) is 12.9. The Bertz CT molecular complexity index is 823. The summed E-state index contributed by atoms with van der Waals surface area (Å²) in [5.41, 5.74) is 6.44. The van der Waals surface area contributed by atoms with Crippen LogP contribution in [0.3, 0.4) is 0 Å². The predicted molar refractivity (Wildman–Crippen MR) is 92.3 cm³/mol. The Morgan fingerprint density at radius 2 is 1.86 bits per heavy atom. The van der Waals surface area contributed by atoms with Crippen LogP contribution >= 0.6 is 0 Å². The molecule has 0 bridgehead atoms. The van der Waals surface area contributed by atoms with Gasteiger partial charge in [-0.15, -0.1) is 0 Å². The van der Waals surface area contributed by atoms with E-state index in [1.54, 1.807) is 0 Å². The monoisotopic (exact) mass is 288 g/mol. The topological polar surface area (TPSA) is 16.1 Å². The molecule has 110 valence electrons. The summed E-state index contributed by atoms with van der Waals surface area (Å²) < 4.78 is 0. The maximum atomic E-state index is 4.66. The minimum absolute atomic E-state index is 0.959. The molecule has 0 saturated carbocycles. The molecule has 2 heterocycles. The van der Waals surface area contributed by atoms with Gasteiger partial charge < -0.3 is 4.90 Å². The van der Waals surface area contributed by atoms with Gasteiger partial charge in [0.05, 0.1) is 5.52 Å². The van der Waals surface area contributed by atoms with Crippen molar-refractivity contribution in [1.82, 2.24) is 4.98 Å². The zero-order valence-electron chi connectivity index (χ0n) is 12.9. The number of anilines is 1. The van der Waals surface area contributed by atoms with Gasteiger partial charge >= 0.3 is 0 Å². The van der Waals surface area contributed by atoms with E-state index in [1.807, 2.05) is 0 Å². The zero-order chi connectivity index (χ0) is 14.9. The maximum Gasteiger partial charge on any atom is 0.0708 e. The fourth-order valence-electron chi connectivity index (χ4n) is 3.51. The van der Waals surface area contributed by atoms with Gasteiger partial charge in [0.2, 0.25) is 0 Å². The molecule has 1 aliphatic rings. The first-order valence-corrected chi connectivity index (χ1v) is 7.99. The summed E-state index contributed by atoms with van der Waals surface area (Å²) in [6.45, 7) is 4.17. The van der Waals surface area contributed by atoms with Gasteiger partial charge in [0.15, 0.2) is 0 Å². The molecule has 1 aliphatic heterocycles. The molecule has 22 heavy (non-hydrogen) atoms. The highest BCUT2D eigenvalue weighted by atomic mass is 15.1. The van der Waals surface area contributed by atoms with Crippen LogP contribution in [0.15, 0.2) is 54.6 Å². The van der Waals surface area contributed by atoms with Crippen molar-refractivity contribution in [2.24, 2.45) is 0 Å². The number of aromatic nitrogens is 1. The lowest BCUT2D eigenvalue weighted by Crippen LogP contribution is -2.28. The molecule has 0 aliphatic carbocycles. The molecule has 0 amide bonds. The molecule has 2 nitrogen and oxygen atoms in total. The molecule has 1 aromatic heterocycles. The van der Waals surface area contributed by atoms with E-state index in [2.05, 4.69) is 71.4 Å². The van der Waals surface area contributed by atoms with E-state index in [-0.39, 0.29) is 0 Å². The predicted octanol–water partition coefficient (Wildman–Crippen LogP) is 4.50. The standard InChI is InChI=1S/C20H20N2/c1-15-13-17(18-9-3-4-10-19(18)21-15)14-22-12-6-8-16-7-2-5-11-20(16)22/h2-5,7,9-11,13H,6,8,12,14H2,1H3. The van der Waals surface area contributed by atoms with E-state index in [0.717, 1.165) is 24.3 Å². The molecule has 0 atom stereocenters. The van der Waals surface area contributed by atoms with Gasteiger partial charge in [-0.25, -0.2) is 0 Å². The average molecular weight is 288 g/mol. The first-order chi connectivity index (χ1) is 10.8. The number of aryl methyl sites for hydroxylation is 2. The molecule has 3 aromatic rings. The van der Waals surface area contributed by atoms with Gasteiger partial charge in [-0.05, 0) is 49.1 Å². The second kappa shape index (κ2) is 5.45. The van der Waals surface area contributed by atoms with Crippen molar-refractivity contribution in [3.63, 3.8) is 0 Å². The van der Waals surface area contributed by atoms with Crippen molar-refractivity contribution in [1.29, 1.82) is 0 Å². The molecule has 0 N–H and O–H groups in total. The number of hydrogen-bond donors (Lipinski definition) is 0. The molecular weight excluding hydrogens is 268 g/mol. The van der Waals surface area contributed by atoms with Crippen LogP contribution < -0.4 is 4.90 Å². The van der Waals surface area contributed by atoms with Gasteiger partial charge in [-0.3, -0.25) is 4.98 Å². The van der Waals surface area contributed by atoms with Crippen molar-refractivity contribution < 1.29 is 0 Å². The summed E-state index contributed by atoms with van der Waals surface area (Å²) >= 11 is 0. The first-order valence-electron chi connectivity index (χ1n) is 7.99. The highest BCUT2D eigenvalue weighted by Crippen LogP contribution is 2.29. The summed E-state index contributed by atoms with van der Waals surface area (Å²) in [5.74, 6) is 0. The van der Waals surface area contributed by atoms with Gasteiger partial charge in [0.1, 0.15) is 0 Å². The number of pyridine rings is 1. The Morgan fingerprint density at radius 3 is 2.82 bits per heavy atom. The number of fused-ring (bicyclic) bond motifs is 2. The van der Waals surface area contributed by atoms with Crippen molar-refractivity contribution in [3.8, 4) is 0 Å². The van der Waals surface area contributed by atoms with Crippen LogP contribution in [0.4, 0.5) is 5.69 Å². The summed E-state index contributed by atoms with van der Waals surface area (Å²) in [6, 6.07) is 19.5. The van der Waals surface area contributed by atoms with E-state index in [9.17, 15) is 0 Å². The molecule has 0 spiro atoms. The minimum atomic E-state index is 0.959. The second-order valence-corrected chi connectivity index (χ2v) is 6.09. The van der Waals surface area contributed by atoms with Crippen LogP contribution in [0.2, 0.25) is 0 Å². The van der Waals surface area contributed by atoms with Crippen LogP contribution in [0.5, 0.6) is 0 Å². The Balaban J connectivity index is 1.76. The van der Waals surface area contributed by atoms with Crippen molar-refractivity contribution >= 4 is 16.6 Å². The summed E-state index contributed by atoms with van der Waals surface area (Å²) in [7, 11) is 0. The highest BCUT2D eigenvalue weighted by Gasteiger charge is 2.17. The SMILES string of the molecule is Cc1cc(CN2CCCc3ccccc32)c2ccccc2n1. The minimum Gasteiger partial charge on any atom is -0.367 e. The molecule has 0 unspecified atom stereocenters. The molecule has 2 aromatic carbocycles. The van der Waals surface area contributed by atoms with Crippen LogP contribution in [0.1, 0.15) is 23.2 Å². The number of para-hydroxylation sites is 2. The lowest BCUT2D eigenvalue weighted by Gasteiger charge is -2.31. The van der Waals surface area contributed by atoms with Crippen molar-refractivity contribution in [2.75, 3.05) is 11.4 Å². The third kappa shape index (κ3) is 2.35. The van der Waals surface area contributed by atoms with Gasteiger partial charge in [-0.1, -0.05) is 36.4 Å². The largest absolute Gasteiger partial charge is 0.367 e. The van der Waals surface area contributed by atoms with Crippen LogP contribution in [0, 0.1) is 6.92 Å². The van der Waals surface area contributed by atoms with E-state index in [1.165, 1.54) is 35.0 Å². The Labute approximate surface area is 131 Å². The normalized spacial score (nSPS) is 14.1. The van der Waals surface area contributed by atoms with Crippen LogP contribution in [-0.4, -0.2) is 11.5 Å². The molecule has 0 fully saturated rings. The fraction of sp³-hybridized carbons (Fsp3) is 0.250. The number of nitrogens with zero attached hydrogens (tertiary/aromatic N) is 2. The van der Waals surface area contributed by atoms with E-state index < -0.39 is 0 Å². The fourth-order valence-corrected chi connectivity index (χ4v) is 3.51. The molecule has 0 saturated heterocycles. The Hall–Kier alpha value is -2.35. The van der Waals surface area contributed by atoms with Gasteiger partial charge in [0, 0.05) is 29.9 Å². The lowest BCUT2D eigenvalue weighted by atomic mass is 10.00. The quantitative estimate of drug-likeness (QED) is 0.690. The molecular formula is C20H20N2. The Kier molecular flexibility index (Phi) is 3.30. The summed E-state index contributed by atoms with van der Waals surface area (Å²) in [4.78, 5) is 7.17. The summed E-state index contributed by atoms with van der Waals surface area (Å²) in [5, 5.41) is 1.27. The number of hydrogen-bond acceptors (Lipinski definition) is 2. The number of benzene rings is 2. The van der Waals surface area contributed by atoms with Crippen molar-refractivity contribution in [3.05, 3.63) is 71.4 Å². The lowest BCUT2D eigenvalue weighted by molar-refractivity contribution is 0.692. The second-order valence-electron chi connectivity index (χ2n) is 6.09. The van der Waals surface area contributed by atoms with E-state index in [4.69, 9.17) is 0 Å².